The molecule has 3 rings (SSSR count). The van der Waals surface area contributed by atoms with Gasteiger partial charge in [-0.3, -0.25) is 0 Å². The monoisotopic (exact) mass is 367 g/mol. The van der Waals surface area contributed by atoms with Crippen LogP contribution in [0.25, 0.3) is 5.65 Å². The molecule has 23 heavy (non-hydrogen) atoms. The number of fused-ring (bicyclic) bond motifs is 1. The molecule has 0 saturated carbocycles. The molecule has 2 heterocycles. The van der Waals surface area contributed by atoms with Crippen molar-refractivity contribution in [3.8, 4) is 11.8 Å². The molecule has 0 saturated heterocycles. The summed E-state index contributed by atoms with van der Waals surface area (Å²) in [6, 6.07) is 10.3. The van der Waals surface area contributed by atoms with Gasteiger partial charge in [-0.05, 0) is 61.4 Å². The lowest BCUT2D eigenvalue weighted by Crippen LogP contribution is -1.93. The first-order valence-corrected chi connectivity index (χ1v) is 8.86. The molecule has 0 aliphatic carbocycles. The molecule has 116 valence electrons. The lowest BCUT2D eigenvalue weighted by atomic mass is 10.0. The molecule has 3 aromatic rings. The van der Waals surface area contributed by atoms with Gasteiger partial charge in [-0.1, -0.05) is 34.0 Å². The van der Waals surface area contributed by atoms with E-state index in [1.54, 1.807) is 16.9 Å². The smallest absolute Gasteiger partial charge is 0.154 e. The van der Waals surface area contributed by atoms with Gasteiger partial charge in [0.15, 0.2) is 5.65 Å². The molecule has 1 aromatic carbocycles. The van der Waals surface area contributed by atoms with E-state index in [2.05, 4.69) is 63.0 Å². The van der Waals surface area contributed by atoms with Gasteiger partial charge in [0.05, 0.1) is 6.20 Å². The van der Waals surface area contributed by atoms with Crippen molar-refractivity contribution < 1.29 is 0 Å². The standard InChI is InChI=1S/C19H18BrN3/c1-15-13-16(5-2-3-11-20)7-8-17(15)9-10-18-14-21-19-6-4-12-22-23(18)19/h4,6-8,12-14H,2-3,5,11H2,1H3. The second-order valence-electron chi connectivity index (χ2n) is 5.48. The van der Waals surface area contributed by atoms with Gasteiger partial charge < -0.3 is 0 Å². The lowest BCUT2D eigenvalue weighted by Gasteiger charge is -2.04. The topological polar surface area (TPSA) is 30.2 Å². The van der Waals surface area contributed by atoms with Crippen LogP contribution in [0, 0.1) is 18.8 Å². The molecule has 0 unspecified atom stereocenters. The van der Waals surface area contributed by atoms with Crippen LogP contribution in [0.5, 0.6) is 0 Å². The highest BCUT2D eigenvalue weighted by Gasteiger charge is 2.01. The first-order valence-electron chi connectivity index (χ1n) is 7.74. The Hall–Kier alpha value is -2.12. The number of imidazole rings is 1. The first-order chi connectivity index (χ1) is 11.3. The normalized spacial score (nSPS) is 10.5. The van der Waals surface area contributed by atoms with E-state index in [9.17, 15) is 0 Å². The van der Waals surface area contributed by atoms with Crippen molar-refractivity contribution in [3.63, 3.8) is 0 Å². The number of rotatable bonds is 4. The predicted molar refractivity (Wildman–Crippen MR) is 96.9 cm³/mol. The Morgan fingerprint density at radius 3 is 2.91 bits per heavy atom. The fraction of sp³-hybridized carbons (Fsp3) is 0.263. The molecule has 2 aromatic heterocycles. The van der Waals surface area contributed by atoms with Gasteiger partial charge in [0.1, 0.15) is 5.69 Å². The summed E-state index contributed by atoms with van der Waals surface area (Å²) in [7, 11) is 0. The molecule has 3 nitrogen and oxygen atoms in total. The Labute approximate surface area is 144 Å². The summed E-state index contributed by atoms with van der Waals surface area (Å²) in [5.74, 6) is 6.42. The molecule has 0 spiro atoms. The van der Waals surface area contributed by atoms with Gasteiger partial charge in [0.2, 0.25) is 0 Å². The minimum absolute atomic E-state index is 0.807. The largest absolute Gasteiger partial charge is 0.234 e. The zero-order valence-electron chi connectivity index (χ0n) is 13.1. The Balaban J connectivity index is 1.81. The highest BCUT2D eigenvalue weighted by Crippen LogP contribution is 2.13. The van der Waals surface area contributed by atoms with E-state index in [1.807, 2.05) is 12.1 Å². The number of nitrogens with zero attached hydrogens (tertiary/aromatic N) is 3. The summed E-state index contributed by atoms with van der Waals surface area (Å²) in [4.78, 5) is 4.30. The number of aromatic nitrogens is 3. The summed E-state index contributed by atoms with van der Waals surface area (Å²) < 4.78 is 1.76. The van der Waals surface area contributed by atoms with E-state index in [1.165, 1.54) is 24.0 Å². The van der Waals surface area contributed by atoms with E-state index in [0.717, 1.165) is 28.7 Å². The molecule has 0 amide bonds. The zero-order valence-corrected chi connectivity index (χ0v) is 14.7. The number of halogens is 1. The van der Waals surface area contributed by atoms with Gasteiger partial charge in [-0.25, -0.2) is 9.50 Å². The maximum atomic E-state index is 4.30. The van der Waals surface area contributed by atoms with Crippen molar-refractivity contribution in [1.82, 2.24) is 14.6 Å². The van der Waals surface area contributed by atoms with Crippen LogP contribution in [0.3, 0.4) is 0 Å². The maximum absolute atomic E-state index is 4.30. The number of benzene rings is 1. The molecule has 0 aliphatic rings. The summed E-state index contributed by atoms with van der Waals surface area (Å²) >= 11 is 3.48. The van der Waals surface area contributed by atoms with Crippen molar-refractivity contribution in [2.24, 2.45) is 0 Å². The molecule has 0 bridgehead atoms. The zero-order chi connectivity index (χ0) is 16.1. The summed E-state index contributed by atoms with van der Waals surface area (Å²) in [5, 5.41) is 5.35. The van der Waals surface area contributed by atoms with Crippen LogP contribution in [0.2, 0.25) is 0 Å². The molecule has 0 aliphatic heterocycles. The van der Waals surface area contributed by atoms with Crippen LogP contribution in [0.15, 0.2) is 42.7 Å². The van der Waals surface area contributed by atoms with Crippen LogP contribution in [-0.4, -0.2) is 19.9 Å². The highest BCUT2D eigenvalue weighted by atomic mass is 79.9. The third kappa shape index (κ3) is 3.80. The van der Waals surface area contributed by atoms with Crippen molar-refractivity contribution in [3.05, 3.63) is 65.1 Å². The van der Waals surface area contributed by atoms with E-state index in [0.29, 0.717) is 0 Å². The van der Waals surface area contributed by atoms with Gasteiger partial charge >= 0.3 is 0 Å². The van der Waals surface area contributed by atoms with Crippen molar-refractivity contribution >= 4 is 21.6 Å². The SMILES string of the molecule is Cc1cc(CCCCBr)ccc1C#Cc1cnc2cccnn12. The minimum Gasteiger partial charge on any atom is -0.234 e. The fourth-order valence-electron chi connectivity index (χ4n) is 2.49. The predicted octanol–water partition coefficient (Wildman–Crippen LogP) is 4.16. The Bertz CT molecular complexity index is 871. The summed E-state index contributed by atoms with van der Waals surface area (Å²) in [6.07, 6.45) is 7.05. The molecule has 0 N–H and O–H groups in total. The first kappa shape index (κ1) is 15.8. The Morgan fingerprint density at radius 1 is 1.17 bits per heavy atom. The third-order valence-electron chi connectivity index (χ3n) is 3.74. The van der Waals surface area contributed by atoms with Gasteiger partial charge in [-0.2, -0.15) is 5.10 Å². The van der Waals surface area contributed by atoms with Gasteiger partial charge in [-0.15, -0.1) is 0 Å². The second kappa shape index (κ2) is 7.43. The van der Waals surface area contributed by atoms with Crippen LogP contribution in [0.4, 0.5) is 0 Å². The Kier molecular flexibility index (Phi) is 5.09. The molecule has 0 radical (unpaired) electrons. The summed E-state index contributed by atoms with van der Waals surface area (Å²) in [6.45, 7) is 2.12. The van der Waals surface area contributed by atoms with Gasteiger partial charge in [0.25, 0.3) is 0 Å². The second-order valence-corrected chi connectivity index (χ2v) is 6.28. The quantitative estimate of drug-likeness (QED) is 0.393. The number of hydrogen-bond donors (Lipinski definition) is 0. The lowest BCUT2D eigenvalue weighted by molar-refractivity contribution is 0.805. The highest BCUT2D eigenvalue weighted by molar-refractivity contribution is 9.09. The number of hydrogen-bond acceptors (Lipinski definition) is 2. The Morgan fingerprint density at radius 2 is 2.09 bits per heavy atom. The van der Waals surface area contributed by atoms with Gasteiger partial charge in [0, 0.05) is 17.1 Å². The van der Waals surface area contributed by atoms with Crippen LogP contribution < -0.4 is 0 Å². The van der Waals surface area contributed by atoms with Crippen LogP contribution in [0.1, 0.15) is 35.2 Å². The molecule has 4 heteroatoms. The van der Waals surface area contributed by atoms with E-state index >= 15 is 0 Å². The van der Waals surface area contributed by atoms with E-state index in [-0.39, 0.29) is 0 Å². The van der Waals surface area contributed by atoms with Crippen molar-refractivity contribution in [2.75, 3.05) is 5.33 Å². The molecule has 0 fully saturated rings. The van der Waals surface area contributed by atoms with Crippen molar-refractivity contribution in [1.29, 1.82) is 0 Å². The van der Waals surface area contributed by atoms with E-state index < -0.39 is 0 Å². The minimum atomic E-state index is 0.807. The number of unbranched alkanes of at least 4 members (excludes halogenated alkanes) is 1. The summed E-state index contributed by atoms with van der Waals surface area (Å²) in [5.41, 5.74) is 5.28. The third-order valence-corrected chi connectivity index (χ3v) is 4.30. The average Bonchev–Trinajstić information content (AvgIpc) is 2.98. The maximum Gasteiger partial charge on any atom is 0.154 e. The fourth-order valence-corrected chi connectivity index (χ4v) is 2.89. The average molecular weight is 368 g/mol. The van der Waals surface area contributed by atoms with Crippen molar-refractivity contribution in [2.45, 2.75) is 26.2 Å². The molecule has 0 atom stereocenters. The number of alkyl halides is 1. The van der Waals surface area contributed by atoms with Crippen LogP contribution in [-0.2, 0) is 6.42 Å². The molecular formula is C19H18BrN3. The molecular weight excluding hydrogens is 350 g/mol. The van der Waals surface area contributed by atoms with Crippen LogP contribution >= 0.6 is 15.9 Å². The number of aryl methyl sites for hydroxylation is 2. The van der Waals surface area contributed by atoms with E-state index in [4.69, 9.17) is 0 Å².